The molecule has 0 saturated carbocycles. The van der Waals surface area contributed by atoms with Gasteiger partial charge in [-0.1, -0.05) is 31.2 Å². The lowest BCUT2D eigenvalue weighted by Crippen LogP contribution is -2.40. The molecule has 8 heteroatoms. The number of rotatable bonds is 9. The monoisotopic (exact) mass is 427 g/mol. The number of methoxy groups -OCH3 is 1. The van der Waals surface area contributed by atoms with Gasteiger partial charge in [0.15, 0.2) is 0 Å². The number of pyridine rings is 1. The minimum atomic E-state index is -3.93. The van der Waals surface area contributed by atoms with Crippen molar-refractivity contribution in [1.82, 2.24) is 9.29 Å². The van der Waals surface area contributed by atoms with Crippen LogP contribution in [0.15, 0.2) is 65.8 Å². The average molecular weight is 428 g/mol. The summed E-state index contributed by atoms with van der Waals surface area (Å²) in [5.41, 5.74) is 1.78. The van der Waals surface area contributed by atoms with Gasteiger partial charge in [-0.25, -0.2) is 8.42 Å². The Labute approximate surface area is 176 Å². The maximum Gasteiger partial charge on any atom is 0.244 e. The molecule has 30 heavy (non-hydrogen) atoms. The van der Waals surface area contributed by atoms with Crippen molar-refractivity contribution in [3.63, 3.8) is 0 Å². The van der Waals surface area contributed by atoms with Crippen molar-refractivity contribution in [2.24, 2.45) is 0 Å². The van der Waals surface area contributed by atoms with Gasteiger partial charge in [0.25, 0.3) is 0 Å². The van der Waals surface area contributed by atoms with Gasteiger partial charge in [0.05, 0.1) is 18.0 Å². The lowest BCUT2D eigenvalue weighted by molar-refractivity contribution is -0.116. The molecule has 0 radical (unpaired) electrons. The van der Waals surface area contributed by atoms with Gasteiger partial charge in [-0.3, -0.25) is 9.78 Å². The molecule has 1 amide bonds. The number of hydrogen-bond donors (Lipinski definition) is 1. The van der Waals surface area contributed by atoms with Crippen LogP contribution in [0.2, 0.25) is 0 Å². The van der Waals surface area contributed by atoms with Crippen LogP contribution >= 0.6 is 0 Å². The summed E-state index contributed by atoms with van der Waals surface area (Å²) in [5.74, 6) is -0.416. The van der Waals surface area contributed by atoms with Gasteiger partial charge in [-0.2, -0.15) is 4.31 Å². The maximum atomic E-state index is 13.4. The van der Waals surface area contributed by atoms with Gasteiger partial charge in [0.1, 0.15) is 0 Å². The third kappa shape index (κ3) is 5.02. The Morgan fingerprint density at radius 2 is 1.90 bits per heavy atom. The van der Waals surface area contributed by atoms with Gasteiger partial charge in [-0.15, -0.1) is 0 Å². The number of benzene rings is 2. The smallest absolute Gasteiger partial charge is 0.244 e. The van der Waals surface area contributed by atoms with Gasteiger partial charge in [0.2, 0.25) is 15.9 Å². The summed E-state index contributed by atoms with van der Waals surface area (Å²) in [7, 11) is -2.44. The molecule has 0 atom stereocenters. The highest BCUT2D eigenvalue weighted by Gasteiger charge is 2.28. The molecule has 158 valence electrons. The zero-order chi connectivity index (χ0) is 21.6. The van der Waals surface area contributed by atoms with E-state index in [2.05, 4.69) is 17.2 Å². The molecule has 0 aliphatic rings. The van der Waals surface area contributed by atoms with E-state index in [4.69, 9.17) is 4.74 Å². The fourth-order valence-electron chi connectivity index (χ4n) is 3.12. The van der Waals surface area contributed by atoms with E-state index in [0.29, 0.717) is 16.5 Å². The molecular formula is C22H25N3O4S. The van der Waals surface area contributed by atoms with Gasteiger partial charge in [-0.05, 0) is 36.2 Å². The van der Waals surface area contributed by atoms with Crippen molar-refractivity contribution in [2.45, 2.75) is 18.2 Å². The standard InChI is InChI=1S/C22H25N3O4S/c1-3-17-7-9-19(10-8-17)24-22(26)16-25(13-14-29-2)30(27,28)21-6-4-5-18-15-23-12-11-20(18)21/h4-12,15H,3,13-14,16H2,1-2H3,(H,24,26). The third-order valence-electron chi connectivity index (χ3n) is 4.77. The molecule has 0 aliphatic carbocycles. The predicted octanol–water partition coefficient (Wildman–Crippen LogP) is 3.07. The molecule has 7 nitrogen and oxygen atoms in total. The number of carbonyl (C=O) groups is 1. The molecule has 0 unspecified atom stereocenters. The zero-order valence-electron chi connectivity index (χ0n) is 17.0. The summed E-state index contributed by atoms with van der Waals surface area (Å²) < 4.78 is 33.0. The molecule has 1 heterocycles. The molecule has 1 aromatic heterocycles. The quantitative estimate of drug-likeness (QED) is 0.567. The van der Waals surface area contributed by atoms with Crippen LogP contribution in [-0.4, -0.2) is 50.4 Å². The van der Waals surface area contributed by atoms with Crippen LogP contribution in [0.3, 0.4) is 0 Å². The zero-order valence-corrected chi connectivity index (χ0v) is 17.9. The van der Waals surface area contributed by atoms with Crippen LogP contribution in [-0.2, 0) is 26.0 Å². The highest BCUT2D eigenvalue weighted by Crippen LogP contribution is 2.25. The molecule has 2 aromatic carbocycles. The van der Waals surface area contributed by atoms with E-state index in [0.717, 1.165) is 16.3 Å². The number of fused-ring (bicyclic) bond motifs is 1. The first-order valence-corrected chi connectivity index (χ1v) is 11.1. The second-order valence-corrected chi connectivity index (χ2v) is 8.69. The number of ether oxygens (including phenoxy) is 1. The van der Waals surface area contributed by atoms with Crippen LogP contribution in [0.5, 0.6) is 0 Å². The number of hydrogen-bond acceptors (Lipinski definition) is 5. The predicted molar refractivity (Wildman–Crippen MR) is 117 cm³/mol. The fraction of sp³-hybridized carbons (Fsp3) is 0.273. The third-order valence-corrected chi connectivity index (χ3v) is 6.67. The fourth-order valence-corrected chi connectivity index (χ4v) is 4.71. The Bertz CT molecular complexity index is 1110. The van der Waals surface area contributed by atoms with Crippen molar-refractivity contribution < 1.29 is 17.9 Å². The van der Waals surface area contributed by atoms with Crippen molar-refractivity contribution >= 4 is 32.4 Å². The molecule has 0 fully saturated rings. The Balaban J connectivity index is 1.85. The summed E-state index contributed by atoms with van der Waals surface area (Å²) >= 11 is 0. The van der Waals surface area contributed by atoms with E-state index in [1.165, 1.54) is 7.11 Å². The minimum absolute atomic E-state index is 0.0580. The molecular weight excluding hydrogens is 402 g/mol. The molecule has 0 bridgehead atoms. The first-order chi connectivity index (χ1) is 14.5. The number of nitrogens with zero attached hydrogens (tertiary/aromatic N) is 2. The minimum Gasteiger partial charge on any atom is -0.383 e. The van der Waals surface area contributed by atoms with Gasteiger partial charge in [0, 0.05) is 42.5 Å². The van der Waals surface area contributed by atoms with Crippen molar-refractivity contribution in [1.29, 1.82) is 0 Å². The number of sulfonamides is 1. The Morgan fingerprint density at radius 1 is 1.13 bits per heavy atom. The Morgan fingerprint density at radius 3 is 2.60 bits per heavy atom. The second-order valence-electron chi connectivity index (χ2n) is 6.78. The molecule has 1 N–H and O–H groups in total. The first kappa shape index (κ1) is 21.9. The van der Waals surface area contributed by atoms with Gasteiger partial charge >= 0.3 is 0 Å². The summed E-state index contributed by atoms with van der Waals surface area (Å²) in [6.07, 6.45) is 4.06. The van der Waals surface area contributed by atoms with E-state index < -0.39 is 15.9 Å². The number of anilines is 1. The topological polar surface area (TPSA) is 88.6 Å². The summed E-state index contributed by atoms with van der Waals surface area (Å²) in [4.78, 5) is 16.8. The van der Waals surface area contributed by atoms with E-state index in [9.17, 15) is 13.2 Å². The SMILES string of the molecule is CCc1ccc(NC(=O)CN(CCOC)S(=O)(=O)c2cccc3cnccc23)cc1. The summed E-state index contributed by atoms with van der Waals surface area (Å²) in [6, 6.07) is 14.1. The van der Waals surface area contributed by atoms with E-state index in [-0.39, 0.29) is 24.6 Å². The van der Waals surface area contributed by atoms with Crippen LogP contribution in [0.1, 0.15) is 12.5 Å². The number of aromatic nitrogens is 1. The number of carbonyl (C=O) groups excluding carboxylic acids is 1. The van der Waals surface area contributed by atoms with E-state index >= 15 is 0 Å². The lowest BCUT2D eigenvalue weighted by atomic mass is 10.1. The molecule has 0 spiro atoms. The van der Waals surface area contributed by atoms with Crippen LogP contribution < -0.4 is 5.32 Å². The summed E-state index contributed by atoms with van der Waals surface area (Å²) in [5, 5.41) is 4.04. The molecule has 0 saturated heterocycles. The van der Waals surface area contributed by atoms with E-state index in [1.807, 2.05) is 24.3 Å². The van der Waals surface area contributed by atoms with Crippen LogP contribution in [0, 0.1) is 0 Å². The Hall–Kier alpha value is -2.81. The average Bonchev–Trinajstić information content (AvgIpc) is 2.76. The highest BCUT2D eigenvalue weighted by molar-refractivity contribution is 7.89. The van der Waals surface area contributed by atoms with Crippen molar-refractivity contribution in [3.8, 4) is 0 Å². The number of nitrogens with one attached hydrogen (secondary N) is 1. The molecule has 3 aromatic rings. The summed E-state index contributed by atoms with van der Waals surface area (Å²) in [6.45, 7) is 1.96. The van der Waals surface area contributed by atoms with Crippen LogP contribution in [0.4, 0.5) is 5.69 Å². The van der Waals surface area contributed by atoms with Gasteiger partial charge < -0.3 is 10.1 Å². The largest absolute Gasteiger partial charge is 0.383 e. The number of aryl methyl sites for hydroxylation is 1. The maximum absolute atomic E-state index is 13.4. The Kier molecular flexibility index (Phi) is 7.15. The van der Waals surface area contributed by atoms with E-state index in [1.54, 1.807) is 36.7 Å². The normalized spacial score (nSPS) is 11.7. The number of amides is 1. The van der Waals surface area contributed by atoms with Crippen molar-refractivity contribution in [3.05, 3.63) is 66.5 Å². The van der Waals surface area contributed by atoms with Crippen LogP contribution in [0.25, 0.3) is 10.8 Å². The second kappa shape index (κ2) is 9.80. The highest BCUT2D eigenvalue weighted by atomic mass is 32.2. The first-order valence-electron chi connectivity index (χ1n) is 9.66. The van der Waals surface area contributed by atoms with Crippen molar-refractivity contribution in [2.75, 3.05) is 32.1 Å². The molecule has 0 aliphatic heterocycles. The lowest BCUT2D eigenvalue weighted by Gasteiger charge is -2.22. The molecule has 3 rings (SSSR count).